The van der Waals surface area contributed by atoms with E-state index in [-0.39, 0.29) is 5.54 Å². The van der Waals surface area contributed by atoms with Gasteiger partial charge in [0.2, 0.25) is 0 Å². The van der Waals surface area contributed by atoms with Gasteiger partial charge in [-0.2, -0.15) is 0 Å². The first-order valence-electron chi connectivity index (χ1n) is 6.87. The molecule has 0 heterocycles. The first-order valence-corrected chi connectivity index (χ1v) is 6.87. The molecule has 0 unspecified atom stereocenters. The van der Waals surface area contributed by atoms with E-state index >= 15 is 0 Å². The number of hydrogen-bond donors (Lipinski definition) is 1. The van der Waals surface area contributed by atoms with Crippen molar-refractivity contribution in [1.82, 2.24) is 10.2 Å². The van der Waals surface area contributed by atoms with E-state index in [1.807, 2.05) is 0 Å². The predicted octanol–water partition coefficient (Wildman–Crippen LogP) is 2.54. The van der Waals surface area contributed by atoms with E-state index in [4.69, 9.17) is 4.74 Å². The molecule has 0 saturated heterocycles. The molecule has 3 nitrogen and oxygen atoms in total. The fourth-order valence-electron chi connectivity index (χ4n) is 1.73. The van der Waals surface area contributed by atoms with Crippen molar-refractivity contribution in [2.24, 2.45) is 5.92 Å². The van der Waals surface area contributed by atoms with Crippen molar-refractivity contribution in [3.63, 3.8) is 0 Å². The fourth-order valence-corrected chi connectivity index (χ4v) is 1.73. The van der Waals surface area contributed by atoms with Crippen molar-refractivity contribution in [2.75, 3.05) is 39.9 Å². The zero-order valence-electron chi connectivity index (χ0n) is 13.2. The highest BCUT2D eigenvalue weighted by Gasteiger charge is 2.12. The molecular weight excluding hydrogens is 224 g/mol. The molecule has 0 atom stereocenters. The molecular formula is C15H32N2O. The SMILES string of the molecule is C=C(CNC(C)(C)C)CN(CCOC)CC(C)C. The van der Waals surface area contributed by atoms with Gasteiger partial charge >= 0.3 is 0 Å². The number of rotatable bonds is 9. The van der Waals surface area contributed by atoms with Crippen LogP contribution in [-0.4, -0.2) is 50.3 Å². The number of methoxy groups -OCH3 is 1. The summed E-state index contributed by atoms with van der Waals surface area (Å²) in [5.41, 5.74) is 1.39. The summed E-state index contributed by atoms with van der Waals surface area (Å²) in [6.07, 6.45) is 0. The second-order valence-electron chi connectivity index (χ2n) is 6.48. The van der Waals surface area contributed by atoms with Crippen LogP contribution in [0.5, 0.6) is 0 Å². The second-order valence-corrected chi connectivity index (χ2v) is 6.48. The van der Waals surface area contributed by atoms with Crippen LogP contribution in [0.15, 0.2) is 12.2 Å². The van der Waals surface area contributed by atoms with E-state index in [1.54, 1.807) is 7.11 Å². The van der Waals surface area contributed by atoms with E-state index in [1.165, 1.54) is 5.57 Å². The van der Waals surface area contributed by atoms with Crippen LogP contribution in [0.4, 0.5) is 0 Å². The number of ether oxygens (including phenoxy) is 1. The normalized spacial score (nSPS) is 12.4. The third-order valence-electron chi connectivity index (χ3n) is 2.55. The van der Waals surface area contributed by atoms with Crippen molar-refractivity contribution in [1.29, 1.82) is 0 Å². The Balaban J connectivity index is 4.09. The first kappa shape index (κ1) is 17.6. The Morgan fingerprint density at radius 1 is 1.33 bits per heavy atom. The minimum Gasteiger partial charge on any atom is -0.383 e. The molecule has 0 fully saturated rings. The largest absolute Gasteiger partial charge is 0.383 e. The van der Waals surface area contributed by atoms with Crippen LogP contribution in [0, 0.1) is 5.92 Å². The summed E-state index contributed by atoms with van der Waals surface area (Å²) >= 11 is 0. The average molecular weight is 256 g/mol. The van der Waals surface area contributed by atoms with E-state index in [0.29, 0.717) is 5.92 Å². The molecule has 0 aliphatic carbocycles. The summed E-state index contributed by atoms with van der Waals surface area (Å²) in [5.74, 6) is 0.672. The Hall–Kier alpha value is -0.380. The highest BCUT2D eigenvalue weighted by Crippen LogP contribution is 2.04. The first-order chi connectivity index (χ1) is 8.24. The Kier molecular flexibility index (Phi) is 8.49. The van der Waals surface area contributed by atoms with E-state index < -0.39 is 0 Å². The molecule has 0 aromatic heterocycles. The maximum absolute atomic E-state index is 5.16. The van der Waals surface area contributed by atoms with Crippen LogP contribution >= 0.6 is 0 Å². The van der Waals surface area contributed by atoms with Gasteiger partial charge in [-0.1, -0.05) is 20.4 Å². The molecule has 0 aromatic carbocycles. The fraction of sp³-hybridized carbons (Fsp3) is 0.867. The highest BCUT2D eigenvalue weighted by atomic mass is 16.5. The van der Waals surface area contributed by atoms with Gasteiger partial charge in [0, 0.05) is 38.8 Å². The van der Waals surface area contributed by atoms with E-state index in [9.17, 15) is 0 Å². The zero-order chi connectivity index (χ0) is 14.2. The third-order valence-corrected chi connectivity index (χ3v) is 2.55. The minimum atomic E-state index is 0.151. The van der Waals surface area contributed by atoms with Gasteiger partial charge < -0.3 is 10.1 Å². The summed E-state index contributed by atoms with van der Waals surface area (Å²) < 4.78 is 5.16. The molecule has 0 rings (SSSR count). The molecule has 3 heteroatoms. The molecule has 0 saturated carbocycles. The third kappa shape index (κ3) is 10.8. The Morgan fingerprint density at radius 3 is 2.39 bits per heavy atom. The van der Waals surface area contributed by atoms with Gasteiger partial charge in [-0.3, -0.25) is 4.90 Å². The Morgan fingerprint density at radius 2 is 1.94 bits per heavy atom. The predicted molar refractivity (Wildman–Crippen MR) is 80.0 cm³/mol. The summed E-state index contributed by atoms with van der Waals surface area (Å²) in [7, 11) is 1.75. The number of nitrogens with one attached hydrogen (secondary N) is 1. The lowest BCUT2D eigenvalue weighted by atomic mass is 10.1. The van der Waals surface area contributed by atoms with Gasteiger partial charge in [0.25, 0.3) is 0 Å². The lowest BCUT2D eigenvalue weighted by Gasteiger charge is -2.27. The highest BCUT2D eigenvalue weighted by molar-refractivity contribution is 5.01. The molecule has 18 heavy (non-hydrogen) atoms. The molecule has 0 aliphatic rings. The lowest BCUT2D eigenvalue weighted by molar-refractivity contribution is 0.145. The standard InChI is InChI=1S/C15H32N2O/c1-13(2)11-17(8-9-18-7)12-14(3)10-16-15(4,5)6/h13,16H,3,8-12H2,1-2,4-7H3. The summed E-state index contributed by atoms with van der Waals surface area (Å²) in [5, 5.41) is 3.48. The van der Waals surface area contributed by atoms with Crippen LogP contribution in [0.3, 0.4) is 0 Å². The van der Waals surface area contributed by atoms with E-state index in [0.717, 1.165) is 32.8 Å². The number of nitrogens with zero attached hydrogens (tertiary/aromatic N) is 1. The van der Waals surface area contributed by atoms with Gasteiger partial charge in [-0.05, 0) is 32.3 Å². The summed E-state index contributed by atoms with van der Waals surface area (Å²) in [4.78, 5) is 2.42. The monoisotopic (exact) mass is 256 g/mol. The summed E-state index contributed by atoms with van der Waals surface area (Å²) in [6.45, 7) is 19.9. The second kappa shape index (κ2) is 8.68. The average Bonchev–Trinajstić information content (AvgIpc) is 2.21. The summed E-state index contributed by atoms with van der Waals surface area (Å²) in [6, 6.07) is 0. The van der Waals surface area contributed by atoms with Gasteiger partial charge in [0.15, 0.2) is 0 Å². The molecule has 0 spiro atoms. The topological polar surface area (TPSA) is 24.5 Å². The van der Waals surface area contributed by atoms with Crippen molar-refractivity contribution < 1.29 is 4.74 Å². The molecule has 0 amide bonds. The van der Waals surface area contributed by atoms with Crippen LogP contribution in [0.25, 0.3) is 0 Å². The molecule has 0 aliphatic heterocycles. The van der Waals surface area contributed by atoms with Crippen molar-refractivity contribution in [3.8, 4) is 0 Å². The van der Waals surface area contributed by atoms with Crippen LogP contribution in [0.1, 0.15) is 34.6 Å². The molecule has 0 aromatic rings. The zero-order valence-corrected chi connectivity index (χ0v) is 13.2. The molecule has 108 valence electrons. The minimum absolute atomic E-state index is 0.151. The van der Waals surface area contributed by atoms with Gasteiger partial charge in [0.05, 0.1) is 6.61 Å². The Bertz CT molecular complexity index is 231. The van der Waals surface area contributed by atoms with Crippen LogP contribution < -0.4 is 5.32 Å². The van der Waals surface area contributed by atoms with Crippen molar-refractivity contribution in [2.45, 2.75) is 40.2 Å². The Labute approximate surface area is 114 Å². The van der Waals surface area contributed by atoms with Gasteiger partial charge in [-0.25, -0.2) is 0 Å². The molecule has 1 N–H and O–H groups in total. The maximum atomic E-state index is 5.16. The van der Waals surface area contributed by atoms with Crippen LogP contribution in [0.2, 0.25) is 0 Å². The van der Waals surface area contributed by atoms with Crippen LogP contribution in [-0.2, 0) is 4.74 Å². The molecule has 0 bridgehead atoms. The van der Waals surface area contributed by atoms with Crippen molar-refractivity contribution in [3.05, 3.63) is 12.2 Å². The van der Waals surface area contributed by atoms with E-state index in [2.05, 4.69) is 51.4 Å². The smallest absolute Gasteiger partial charge is 0.0589 e. The quantitative estimate of drug-likeness (QED) is 0.642. The van der Waals surface area contributed by atoms with Gasteiger partial charge in [-0.15, -0.1) is 0 Å². The lowest BCUT2D eigenvalue weighted by Crippen LogP contribution is -2.40. The van der Waals surface area contributed by atoms with Gasteiger partial charge in [0.1, 0.15) is 0 Å². The maximum Gasteiger partial charge on any atom is 0.0589 e. The van der Waals surface area contributed by atoms with Crippen molar-refractivity contribution >= 4 is 0 Å². The number of hydrogen-bond acceptors (Lipinski definition) is 3. The molecule has 0 radical (unpaired) electrons.